The van der Waals surface area contributed by atoms with Gasteiger partial charge in [0.05, 0.1) is 0 Å². The van der Waals surface area contributed by atoms with Crippen molar-refractivity contribution in [2.75, 3.05) is 5.73 Å². The largest absolute Gasteiger partial charge is 0.386 e. The summed E-state index contributed by atoms with van der Waals surface area (Å²) in [6.45, 7) is 1.63. The third kappa shape index (κ3) is 2.88. The van der Waals surface area contributed by atoms with Crippen molar-refractivity contribution in [3.05, 3.63) is 28.6 Å². The van der Waals surface area contributed by atoms with Gasteiger partial charge < -0.3 is 10.8 Å². The Hall–Kier alpha value is -1.69. The lowest BCUT2D eigenvalue weighted by Crippen LogP contribution is -2.20. The Bertz CT molecular complexity index is 428. The number of nitrogen functional groups attached to an aromatic ring is 1. The van der Waals surface area contributed by atoms with E-state index in [9.17, 15) is 9.18 Å². The van der Waals surface area contributed by atoms with Crippen molar-refractivity contribution < 1.29 is 9.50 Å². The Morgan fingerprint density at radius 3 is 3.07 bits per heavy atom. The molecule has 1 aromatic rings. The van der Waals surface area contributed by atoms with Crippen LogP contribution in [0.1, 0.15) is 13.3 Å². The number of hydrogen-bond donors (Lipinski definition) is 2. The molecule has 15 heavy (non-hydrogen) atoms. The zero-order chi connectivity index (χ0) is 11.4. The zero-order valence-corrected chi connectivity index (χ0v) is 8.22. The molecule has 1 rings (SSSR count). The van der Waals surface area contributed by atoms with Crippen LogP contribution >= 0.6 is 0 Å². The van der Waals surface area contributed by atoms with Gasteiger partial charge >= 0.3 is 5.69 Å². The first-order chi connectivity index (χ1) is 7.04. The Balaban J connectivity index is 3.03. The van der Waals surface area contributed by atoms with Gasteiger partial charge in [0.2, 0.25) is 0 Å². The van der Waals surface area contributed by atoms with E-state index in [-0.39, 0.29) is 12.2 Å². The Labute approximate surface area is 85.7 Å². The lowest BCUT2D eigenvalue weighted by atomic mass is 10.2. The second-order valence-electron chi connectivity index (χ2n) is 2.98. The summed E-state index contributed by atoms with van der Waals surface area (Å²) >= 11 is 0. The van der Waals surface area contributed by atoms with Crippen molar-refractivity contribution in [3.8, 4) is 0 Å². The van der Waals surface area contributed by atoms with Crippen LogP contribution in [0.5, 0.6) is 0 Å². The van der Waals surface area contributed by atoms with E-state index in [0.29, 0.717) is 0 Å². The van der Waals surface area contributed by atoms with E-state index in [0.717, 1.165) is 10.8 Å². The highest BCUT2D eigenvalue weighted by Gasteiger charge is 2.07. The predicted octanol–water partition coefficient (Wildman–Crippen LogP) is 0.364. The highest BCUT2D eigenvalue weighted by molar-refractivity contribution is 5.32. The topological polar surface area (TPSA) is 81.1 Å². The van der Waals surface area contributed by atoms with E-state index in [4.69, 9.17) is 10.8 Å². The minimum absolute atomic E-state index is 0.0705. The van der Waals surface area contributed by atoms with Gasteiger partial charge in [-0.3, -0.25) is 4.57 Å². The number of aliphatic hydroxyl groups is 1. The van der Waals surface area contributed by atoms with Crippen LogP contribution in [-0.2, 0) is 0 Å². The summed E-state index contributed by atoms with van der Waals surface area (Å²) < 4.78 is 14.1. The molecule has 0 aromatic carbocycles. The van der Waals surface area contributed by atoms with E-state index in [1.807, 2.05) is 0 Å². The number of nitrogens with two attached hydrogens (primary N) is 1. The lowest BCUT2D eigenvalue weighted by Gasteiger charge is -2.04. The summed E-state index contributed by atoms with van der Waals surface area (Å²) in [7, 11) is 0. The smallest absolute Gasteiger partial charge is 0.353 e. The summed E-state index contributed by atoms with van der Waals surface area (Å²) in [5.74, 6) is -0.715. The minimum Gasteiger partial charge on any atom is -0.386 e. The standard InChI is InChI=1S/C9H12FN3O2/c1-2-7(14)6(10)5-13-4-3-8(11)12-9(13)15/h3-5,7,14H,2H2,1H3,(H2,11,12,15)/b6-5+. The third-order valence-electron chi connectivity index (χ3n) is 1.82. The molecule has 0 saturated heterocycles. The van der Waals surface area contributed by atoms with Crippen molar-refractivity contribution in [2.24, 2.45) is 0 Å². The molecule has 0 aliphatic heterocycles. The number of nitrogens with zero attached hydrogens (tertiary/aromatic N) is 2. The van der Waals surface area contributed by atoms with Gasteiger partial charge in [0.1, 0.15) is 17.7 Å². The molecule has 1 heterocycles. The minimum atomic E-state index is -1.20. The monoisotopic (exact) mass is 213 g/mol. The van der Waals surface area contributed by atoms with Crippen LogP contribution in [0.4, 0.5) is 10.2 Å². The number of aromatic nitrogens is 2. The van der Waals surface area contributed by atoms with Crippen molar-refractivity contribution in [1.82, 2.24) is 9.55 Å². The van der Waals surface area contributed by atoms with Gasteiger partial charge in [-0.05, 0) is 12.5 Å². The van der Waals surface area contributed by atoms with E-state index >= 15 is 0 Å². The van der Waals surface area contributed by atoms with Gasteiger partial charge in [0.25, 0.3) is 0 Å². The van der Waals surface area contributed by atoms with E-state index in [1.54, 1.807) is 6.92 Å². The number of hydrogen-bond acceptors (Lipinski definition) is 4. The molecule has 3 N–H and O–H groups in total. The van der Waals surface area contributed by atoms with Gasteiger partial charge in [-0.15, -0.1) is 0 Å². The van der Waals surface area contributed by atoms with Gasteiger partial charge in [-0.2, -0.15) is 4.98 Å². The van der Waals surface area contributed by atoms with Gasteiger partial charge in [0.15, 0.2) is 0 Å². The summed E-state index contributed by atoms with van der Waals surface area (Å²) in [6.07, 6.45) is 1.21. The number of halogens is 1. The van der Waals surface area contributed by atoms with E-state index < -0.39 is 17.6 Å². The molecule has 0 amide bonds. The first-order valence-corrected chi connectivity index (χ1v) is 4.44. The maximum absolute atomic E-state index is 13.2. The molecule has 82 valence electrons. The maximum Gasteiger partial charge on any atom is 0.353 e. The third-order valence-corrected chi connectivity index (χ3v) is 1.82. The molecule has 1 aromatic heterocycles. The normalized spacial score (nSPS) is 13.9. The second-order valence-corrected chi connectivity index (χ2v) is 2.98. The molecule has 0 spiro atoms. The van der Waals surface area contributed by atoms with Crippen molar-refractivity contribution >= 4 is 12.0 Å². The molecular formula is C9H12FN3O2. The van der Waals surface area contributed by atoms with Crippen LogP contribution in [0.3, 0.4) is 0 Å². The fourth-order valence-electron chi connectivity index (χ4n) is 0.938. The molecule has 1 unspecified atom stereocenters. The average Bonchev–Trinajstić information content (AvgIpc) is 2.20. The lowest BCUT2D eigenvalue weighted by molar-refractivity contribution is 0.180. The fraction of sp³-hybridized carbons (Fsp3) is 0.333. The van der Waals surface area contributed by atoms with Gasteiger partial charge in [0, 0.05) is 12.4 Å². The molecule has 0 bridgehead atoms. The maximum atomic E-state index is 13.2. The first kappa shape index (κ1) is 11.4. The van der Waals surface area contributed by atoms with E-state index in [2.05, 4.69) is 4.98 Å². The first-order valence-electron chi connectivity index (χ1n) is 4.44. The van der Waals surface area contributed by atoms with Crippen LogP contribution in [0.25, 0.3) is 6.20 Å². The molecule has 0 radical (unpaired) electrons. The highest BCUT2D eigenvalue weighted by Crippen LogP contribution is 2.08. The highest BCUT2D eigenvalue weighted by atomic mass is 19.1. The van der Waals surface area contributed by atoms with Crippen molar-refractivity contribution in [3.63, 3.8) is 0 Å². The quantitative estimate of drug-likeness (QED) is 0.759. The second kappa shape index (κ2) is 4.70. The van der Waals surface area contributed by atoms with Crippen molar-refractivity contribution in [1.29, 1.82) is 0 Å². The Kier molecular flexibility index (Phi) is 3.56. The summed E-state index contributed by atoms with van der Waals surface area (Å²) in [5, 5.41) is 9.13. The van der Waals surface area contributed by atoms with Crippen LogP contribution in [0.15, 0.2) is 22.9 Å². The molecule has 0 aliphatic carbocycles. The molecule has 5 nitrogen and oxygen atoms in total. The summed E-state index contributed by atoms with van der Waals surface area (Å²) in [4.78, 5) is 14.6. The van der Waals surface area contributed by atoms with Gasteiger partial charge in [-0.25, -0.2) is 9.18 Å². The Morgan fingerprint density at radius 2 is 2.53 bits per heavy atom. The van der Waals surface area contributed by atoms with Crippen molar-refractivity contribution in [2.45, 2.75) is 19.4 Å². The van der Waals surface area contributed by atoms with E-state index in [1.165, 1.54) is 12.3 Å². The molecule has 1 atom stereocenters. The molecule has 0 saturated carbocycles. The molecule has 0 aliphatic rings. The number of aliphatic hydroxyl groups excluding tert-OH is 1. The van der Waals surface area contributed by atoms with Crippen LogP contribution in [-0.4, -0.2) is 20.8 Å². The van der Waals surface area contributed by atoms with Gasteiger partial charge in [-0.1, -0.05) is 6.92 Å². The summed E-state index contributed by atoms with van der Waals surface area (Å²) in [5.41, 5.74) is 4.57. The van der Waals surface area contributed by atoms with Crippen LogP contribution in [0, 0.1) is 0 Å². The van der Waals surface area contributed by atoms with Crippen LogP contribution in [0.2, 0.25) is 0 Å². The predicted molar refractivity (Wildman–Crippen MR) is 54.6 cm³/mol. The van der Waals surface area contributed by atoms with Crippen LogP contribution < -0.4 is 11.4 Å². The molecular weight excluding hydrogens is 201 g/mol. The summed E-state index contributed by atoms with van der Waals surface area (Å²) in [6, 6.07) is 1.36. The zero-order valence-electron chi connectivity index (χ0n) is 8.22. The molecule has 6 heteroatoms. The Morgan fingerprint density at radius 1 is 1.87 bits per heavy atom. The SMILES string of the molecule is CCC(O)/C(F)=C\n1ccc(N)nc1=O. The fourth-order valence-corrected chi connectivity index (χ4v) is 0.938. The average molecular weight is 213 g/mol. The number of rotatable bonds is 3. The molecule has 0 fully saturated rings. The number of anilines is 1.